The number of piperidine rings is 1. The van der Waals surface area contributed by atoms with Crippen molar-refractivity contribution in [2.45, 2.75) is 180 Å². The second kappa shape index (κ2) is 17.8. The summed E-state index contributed by atoms with van der Waals surface area (Å²) in [5, 5.41) is 8.62. The first-order valence-electron chi connectivity index (χ1n) is 15.1. The second-order valence-corrected chi connectivity index (χ2v) is 12.8. The van der Waals surface area contributed by atoms with E-state index in [9.17, 15) is 4.79 Å². The van der Waals surface area contributed by atoms with Gasteiger partial charge in [-0.25, -0.2) is 0 Å². The number of aliphatic carboxylic acids is 1. The van der Waals surface area contributed by atoms with Crippen molar-refractivity contribution < 1.29 is 9.90 Å². The average molecular weight is 480 g/mol. The fraction of sp³-hybridized carbons (Fsp3) is 0.968. The lowest BCUT2D eigenvalue weighted by molar-refractivity contribution is -0.137. The van der Waals surface area contributed by atoms with Crippen LogP contribution < -0.4 is 0 Å². The van der Waals surface area contributed by atoms with Crippen LogP contribution in [-0.2, 0) is 4.79 Å². The number of unbranched alkanes of at least 4 members (excludes halogenated alkanes) is 17. The second-order valence-electron chi connectivity index (χ2n) is 12.8. The Morgan fingerprint density at radius 1 is 0.618 bits per heavy atom. The van der Waals surface area contributed by atoms with Crippen LogP contribution in [0.25, 0.3) is 0 Å². The van der Waals surface area contributed by atoms with Gasteiger partial charge < -0.3 is 5.11 Å². The third-order valence-corrected chi connectivity index (χ3v) is 8.65. The molecular formula is C31H61NO2. The van der Waals surface area contributed by atoms with Crippen LogP contribution in [0, 0.1) is 5.92 Å². The maximum Gasteiger partial charge on any atom is 0.303 e. The Labute approximate surface area is 213 Å². The molecule has 1 aliphatic heterocycles. The summed E-state index contributed by atoms with van der Waals surface area (Å²) in [6.07, 6.45) is 28.8. The predicted octanol–water partition coefficient (Wildman–Crippen LogP) is 9.77. The predicted molar refractivity (Wildman–Crippen MR) is 149 cm³/mol. The molecule has 1 heterocycles. The molecule has 0 unspecified atom stereocenters. The molecule has 1 rings (SSSR count). The van der Waals surface area contributed by atoms with Gasteiger partial charge in [-0.3, -0.25) is 9.69 Å². The van der Waals surface area contributed by atoms with E-state index in [1.165, 1.54) is 122 Å². The molecule has 0 aliphatic carbocycles. The summed E-state index contributed by atoms with van der Waals surface area (Å²) in [7, 11) is 2.32. The highest BCUT2D eigenvalue weighted by Crippen LogP contribution is 2.41. The molecule has 0 aromatic heterocycles. The van der Waals surface area contributed by atoms with Gasteiger partial charge in [0.2, 0.25) is 0 Å². The van der Waals surface area contributed by atoms with Crippen molar-refractivity contribution in [3.63, 3.8) is 0 Å². The van der Waals surface area contributed by atoms with Gasteiger partial charge in [-0.15, -0.1) is 0 Å². The molecule has 0 amide bonds. The molecule has 0 atom stereocenters. The van der Waals surface area contributed by atoms with E-state index in [-0.39, 0.29) is 0 Å². The summed E-state index contributed by atoms with van der Waals surface area (Å²) in [5.74, 6) is 0.263. The third-order valence-electron chi connectivity index (χ3n) is 8.65. The highest BCUT2D eigenvalue weighted by molar-refractivity contribution is 5.66. The fourth-order valence-corrected chi connectivity index (χ4v) is 6.32. The molecule has 3 heteroatoms. The topological polar surface area (TPSA) is 40.5 Å². The molecular weight excluding hydrogens is 418 g/mol. The van der Waals surface area contributed by atoms with Gasteiger partial charge in [0.15, 0.2) is 0 Å². The van der Waals surface area contributed by atoms with E-state index in [1.807, 2.05) is 0 Å². The van der Waals surface area contributed by atoms with Crippen LogP contribution in [0.15, 0.2) is 0 Å². The Bertz CT molecular complexity index is 496. The van der Waals surface area contributed by atoms with E-state index >= 15 is 0 Å². The summed E-state index contributed by atoms with van der Waals surface area (Å²) < 4.78 is 0. The van der Waals surface area contributed by atoms with Crippen molar-refractivity contribution in [1.29, 1.82) is 0 Å². The number of nitrogens with zero attached hydrogens (tertiary/aromatic N) is 1. The maximum atomic E-state index is 10.5. The Hall–Kier alpha value is -0.570. The monoisotopic (exact) mass is 479 g/mol. The molecule has 202 valence electrons. The fourth-order valence-electron chi connectivity index (χ4n) is 6.32. The Morgan fingerprint density at radius 3 is 1.24 bits per heavy atom. The first-order valence-corrected chi connectivity index (χ1v) is 15.1. The molecule has 0 radical (unpaired) electrons. The Kier molecular flexibility index (Phi) is 16.5. The van der Waals surface area contributed by atoms with Crippen LogP contribution in [0.1, 0.15) is 169 Å². The van der Waals surface area contributed by atoms with Crippen molar-refractivity contribution in [2.24, 2.45) is 5.92 Å². The molecule has 1 saturated heterocycles. The number of carbonyl (C=O) groups is 1. The minimum atomic E-state index is -0.651. The van der Waals surface area contributed by atoms with E-state index in [0.717, 1.165) is 18.8 Å². The maximum absolute atomic E-state index is 10.5. The third kappa shape index (κ3) is 14.7. The Morgan fingerprint density at radius 2 is 0.912 bits per heavy atom. The summed E-state index contributed by atoms with van der Waals surface area (Å²) >= 11 is 0. The molecule has 0 bridgehead atoms. The number of rotatable bonds is 21. The van der Waals surface area contributed by atoms with Crippen LogP contribution in [0.3, 0.4) is 0 Å². The van der Waals surface area contributed by atoms with Gasteiger partial charge in [0.1, 0.15) is 0 Å². The number of carboxylic acids is 1. The zero-order chi connectivity index (χ0) is 25.3. The van der Waals surface area contributed by atoms with Crippen LogP contribution >= 0.6 is 0 Å². The molecule has 0 saturated carbocycles. The van der Waals surface area contributed by atoms with Gasteiger partial charge in [0.05, 0.1) is 0 Å². The van der Waals surface area contributed by atoms with Crippen LogP contribution in [-0.4, -0.2) is 34.1 Å². The number of likely N-dealkylation sites (tertiary alicyclic amines) is 1. The van der Waals surface area contributed by atoms with Crippen LogP contribution in [0.4, 0.5) is 0 Å². The quantitative estimate of drug-likeness (QED) is 0.166. The summed E-state index contributed by atoms with van der Waals surface area (Å²) in [6, 6.07) is 0. The van der Waals surface area contributed by atoms with Crippen LogP contribution in [0.2, 0.25) is 0 Å². The minimum absolute atomic E-state index is 0.343. The van der Waals surface area contributed by atoms with Gasteiger partial charge >= 0.3 is 5.97 Å². The van der Waals surface area contributed by atoms with Crippen molar-refractivity contribution >= 4 is 5.97 Å². The average Bonchev–Trinajstić information content (AvgIpc) is 2.75. The van der Waals surface area contributed by atoms with Gasteiger partial charge in [0.25, 0.3) is 0 Å². The Balaban J connectivity index is 1.80. The van der Waals surface area contributed by atoms with E-state index in [4.69, 9.17) is 5.11 Å². The SMILES string of the molecule is CN1C(C)(C)CC(CCCCCCCCCCCCCCCCCCCCC(=O)O)CC1(C)C. The van der Waals surface area contributed by atoms with E-state index in [1.54, 1.807) is 0 Å². The van der Waals surface area contributed by atoms with Crippen molar-refractivity contribution in [2.75, 3.05) is 7.05 Å². The molecule has 3 nitrogen and oxygen atoms in total. The standard InChI is InChI=1S/C31H61NO2/c1-30(2)26-28(27-31(3,4)32(30)5)24-22-20-18-16-14-12-10-8-6-7-9-11-13-15-17-19-21-23-25-29(33)34/h28H,6-27H2,1-5H3,(H,33,34). The lowest BCUT2D eigenvalue weighted by Crippen LogP contribution is -2.58. The van der Waals surface area contributed by atoms with Gasteiger partial charge in [-0.05, 0) is 59.9 Å². The van der Waals surface area contributed by atoms with E-state index in [2.05, 4.69) is 39.6 Å². The molecule has 0 spiro atoms. The highest BCUT2D eigenvalue weighted by Gasteiger charge is 2.42. The van der Waals surface area contributed by atoms with Gasteiger partial charge in [-0.2, -0.15) is 0 Å². The van der Waals surface area contributed by atoms with Gasteiger partial charge in [0, 0.05) is 17.5 Å². The minimum Gasteiger partial charge on any atom is -0.481 e. The number of hydrogen-bond donors (Lipinski definition) is 1. The summed E-state index contributed by atoms with van der Waals surface area (Å²) in [6.45, 7) is 9.72. The highest BCUT2D eigenvalue weighted by atomic mass is 16.4. The van der Waals surface area contributed by atoms with Gasteiger partial charge in [-0.1, -0.05) is 116 Å². The molecule has 0 aromatic carbocycles. The van der Waals surface area contributed by atoms with E-state index in [0.29, 0.717) is 17.5 Å². The summed E-state index contributed by atoms with van der Waals surface area (Å²) in [5.41, 5.74) is 0.690. The van der Waals surface area contributed by atoms with Crippen LogP contribution in [0.5, 0.6) is 0 Å². The van der Waals surface area contributed by atoms with Crippen molar-refractivity contribution in [3.05, 3.63) is 0 Å². The zero-order valence-electron chi connectivity index (χ0n) is 23.9. The lowest BCUT2D eigenvalue weighted by atomic mass is 9.72. The molecule has 1 N–H and O–H groups in total. The summed E-state index contributed by atoms with van der Waals surface area (Å²) in [4.78, 5) is 13.1. The first-order chi connectivity index (χ1) is 16.1. The lowest BCUT2D eigenvalue weighted by Gasteiger charge is -2.54. The molecule has 1 fully saturated rings. The largest absolute Gasteiger partial charge is 0.481 e. The number of hydrogen-bond acceptors (Lipinski definition) is 2. The normalized spacial score (nSPS) is 18.4. The smallest absolute Gasteiger partial charge is 0.303 e. The first kappa shape index (κ1) is 31.5. The zero-order valence-corrected chi connectivity index (χ0v) is 23.9. The number of carboxylic acid groups (broad SMARTS) is 1. The van der Waals surface area contributed by atoms with E-state index < -0.39 is 5.97 Å². The molecule has 34 heavy (non-hydrogen) atoms. The molecule has 0 aromatic rings. The van der Waals surface area contributed by atoms with Crippen molar-refractivity contribution in [1.82, 2.24) is 4.90 Å². The van der Waals surface area contributed by atoms with Crippen molar-refractivity contribution in [3.8, 4) is 0 Å². The molecule has 1 aliphatic rings.